The van der Waals surface area contributed by atoms with Crippen molar-refractivity contribution in [2.75, 3.05) is 10.7 Å². The number of nitrogens with one attached hydrogen (secondary N) is 2. The Morgan fingerprint density at radius 3 is 2.50 bits per heavy atom. The number of anilines is 2. The number of hydrazine groups is 1. The van der Waals surface area contributed by atoms with Crippen LogP contribution in [0.15, 0.2) is 6.07 Å². The normalized spacial score (nSPS) is 16.7. The molecule has 1 aromatic heterocycles. The molecule has 1 aromatic rings. The van der Waals surface area contributed by atoms with Crippen LogP contribution in [0.2, 0.25) is 0 Å². The highest BCUT2D eigenvalue weighted by Crippen LogP contribution is 2.38. The summed E-state index contributed by atoms with van der Waals surface area (Å²) in [4.78, 5) is 9.00. The maximum Gasteiger partial charge on any atom is 0.145 e. The first-order chi connectivity index (χ1) is 8.63. The minimum absolute atomic E-state index is 0.428. The maximum atomic E-state index is 5.46. The average molecular weight is 249 g/mol. The van der Waals surface area contributed by atoms with Gasteiger partial charge >= 0.3 is 0 Å². The number of hydrogen-bond acceptors (Lipinski definition) is 5. The number of nitrogens with zero attached hydrogens (tertiary/aromatic N) is 2. The second kappa shape index (κ2) is 5.52. The average Bonchev–Trinajstić information content (AvgIpc) is 3.19. The maximum absolute atomic E-state index is 5.46. The molecular formula is C13H23N5. The Hall–Kier alpha value is -1.36. The van der Waals surface area contributed by atoms with Crippen molar-refractivity contribution in [2.24, 2.45) is 11.8 Å². The Morgan fingerprint density at radius 1 is 1.33 bits per heavy atom. The highest BCUT2D eigenvalue weighted by atomic mass is 15.3. The van der Waals surface area contributed by atoms with Gasteiger partial charge in [-0.3, -0.25) is 0 Å². The Balaban J connectivity index is 2.17. The Labute approximate surface area is 109 Å². The van der Waals surface area contributed by atoms with E-state index in [1.165, 1.54) is 12.8 Å². The first kappa shape index (κ1) is 13.1. The van der Waals surface area contributed by atoms with Gasteiger partial charge in [0.15, 0.2) is 0 Å². The molecule has 100 valence electrons. The Morgan fingerprint density at radius 2 is 2.00 bits per heavy atom. The van der Waals surface area contributed by atoms with Gasteiger partial charge in [0.2, 0.25) is 0 Å². The van der Waals surface area contributed by atoms with Crippen molar-refractivity contribution in [2.45, 2.75) is 52.0 Å². The number of hydrogen-bond donors (Lipinski definition) is 3. The first-order valence-corrected chi connectivity index (χ1v) is 6.76. The second-order valence-corrected chi connectivity index (χ2v) is 5.32. The molecule has 0 amide bonds. The lowest BCUT2D eigenvalue weighted by atomic mass is 10.0. The van der Waals surface area contributed by atoms with E-state index in [-0.39, 0.29) is 0 Å². The van der Waals surface area contributed by atoms with Gasteiger partial charge < -0.3 is 10.7 Å². The highest BCUT2D eigenvalue weighted by Gasteiger charge is 2.27. The van der Waals surface area contributed by atoms with Crippen LogP contribution in [0.25, 0.3) is 0 Å². The molecule has 1 aliphatic carbocycles. The molecule has 1 atom stereocenters. The van der Waals surface area contributed by atoms with Gasteiger partial charge in [-0.1, -0.05) is 20.8 Å². The molecule has 0 bridgehead atoms. The zero-order chi connectivity index (χ0) is 13.1. The van der Waals surface area contributed by atoms with E-state index < -0.39 is 0 Å². The summed E-state index contributed by atoms with van der Waals surface area (Å²) in [5.41, 5.74) is 2.62. The van der Waals surface area contributed by atoms with Gasteiger partial charge in [0.1, 0.15) is 17.5 Å². The summed E-state index contributed by atoms with van der Waals surface area (Å²) in [6.45, 7) is 6.61. The lowest BCUT2D eigenvalue weighted by molar-refractivity contribution is 0.509. The van der Waals surface area contributed by atoms with E-state index in [2.05, 4.69) is 41.5 Å². The third-order valence-corrected chi connectivity index (χ3v) is 3.41. The topological polar surface area (TPSA) is 75.9 Å². The van der Waals surface area contributed by atoms with Gasteiger partial charge in [0.05, 0.1) is 0 Å². The van der Waals surface area contributed by atoms with Crippen LogP contribution in [0.4, 0.5) is 11.6 Å². The molecular weight excluding hydrogens is 226 g/mol. The van der Waals surface area contributed by atoms with Crippen LogP contribution in [0.3, 0.4) is 0 Å². The molecule has 5 nitrogen and oxygen atoms in total. The van der Waals surface area contributed by atoms with Crippen LogP contribution < -0.4 is 16.6 Å². The lowest BCUT2D eigenvalue weighted by Crippen LogP contribution is -2.25. The largest absolute Gasteiger partial charge is 0.367 e. The van der Waals surface area contributed by atoms with Gasteiger partial charge in [0.25, 0.3) is 0 Å². The predicted molar refractivity (Wildman–Crippen MR) is 74.4 cm³/mol. The fourth-order valence-corrected chi connectivity index (χ4v) is 2.07. The summed E-state index contributed by atoms with van der Waals surface area (Å²) in [6.07, 6.45) is 3.45. The summed E-state index contributed by atoms with van der Waals surface area (Å²) in [5.74, 6) is 9.03. The predicted octanol–water partition coefficient (Wildman–Crippen LogP) is 2.49. The van der Waals surface area contributed by atoms with Crippen molar-refractivity contribution in [3.8, 4) is 0 Å². The SMILES string of the molecule is CCC(Nc1cc(NN)nc(C2CC2)n1)C(C)C. The van der Waals surface area contributed by atoms with Crippen molar-refractivity contribution in [1.82, 2.24) is 9.97 Å². The zero-order valence-electron chi connectivity index (χ0n) is 11.4. The third-order valence-electron chi connectivity index (χ3n) is 3.41. The van der Waals surface area contributed by atoms with E-state index in [1.54, 1.807) is 0 Å². The fourth-order valence-electron chi connectivity index (χ4n) is 2.07. The lowest BCUT2D eigenvalue weighted by Gasteiger charge is -2.21. The van der Waals surface area contributed by atoms with Crippen LogP contribution in [0.5, 0.6) is 0 Å². The van der Waals surface area contributed by atoms with E-state index in [1.807, 2.05) is 6.07 Å². The van der Waals surface area contributed by atoms with E-state index >= 15 is 0 Å². The molecule has 18 heavy (non-hydrogen) atoms. The van der Waals surface area contributed by atoms with Gasteiger partial charge in [0, 0.05) is 18.0 Å². The van der Waals surface area contributed by atoms with E-state index in [0.29, 0.717) is 23.7 Å². The van der Waals surface area contributed by atoms with Crippen molar-refractivity contribution >= 4 is 11.6 Å². The second-order valence-electron chi connectivity index (χ2n) is 5.32. The first-order valence-electron chi connectivity index (χ1n) is 6.76. The molecule has 1 heterocycles. The molecule has 0 saturated heterocycles. The summed E-state index contributed by atoms with van der Waals surface area (Å²) >= 11 is 0. The standard InChI is InChI=1S/C13H23N5/c1-4-10(8(2)3)15-11-7-12(18-14)17-13(16-11)9-5-6-9/h7-10H,4-6,14H2,1-3H3,(H2,15,16,17,18). The van der Waals surface area contributed by atoms with Crippen molar-refractivity contribution in [3.63, 3.8) is 0 Å². The molecule has 0 spiro atoms. The molecule has 5 heteroatoms. The third kappa shape index (κ3) is 3.10. The van der Waals surface area contributed by atoms with Crippen molar-refractivity contribution in [1.29, 1.82) is 0 Å². The van der Waals surface area contributed by atoms with E-state index in [9.17, 15) is 0 Å². The monoisotopic (exact) mass is 249 g/mol. The van der Waals surface area contributed by atoms with Crippen molar-refractivity contribution in [3.05, 3.63) is 11.9 Å². The van der Waals surface area contributed by atoms with Gasteiger partial charge in [-0.2, -0.15) is 0 Å². The van der Waals surface area contributed by atoms with Crippen LogP contribution in [-0.2, 0) is 0 Å². The number of rotatable bonds is 6. The summed E-state index contributed by atoms with van der Waals surface area (Å²) in [6, 6.07) is 2.30. The Bertz CT molecular complexity index is 400. The molecule has 1 aliphatic rings. The Kier molecular flexibility index (Phi) is 4.01. The molecule has 0 radical (unpaired) electrons. The molecule has 1 unspecified atom stereocenters. The number of nitrogen functional groups attached to an aromatic ring is 1. The summed E-state index contributed by atoms with van der Waals surface area (Å²) in [7, 11) is 0. The molecule has 0 aromatic carbocycles. The minimum Gasteiger partial charge on any atom is -0.367 e. The van der Waals surface area contributed by atoms with Crippen LogP contribution >= 0.6 is 0 Å². The van der Waals surface area contributed by atoms with Gasteiger partial charge in [-0.15, -0.1) is 0 Å². The molecule has 4 N–H and O–H groups in total. The minimum atomic E-state index is 0.428. The van der Waals surface area contributed by atoms with E-state index in [0.717, 1.165) is 18.1 Å². The summed E-state index contributed by atoms with van der Waals surface area (Å²) < 4.78 is 0. The number of nitrogens with two attached hydrogens (primary N) is 1. The number of aromatic nitrogens is 2. The fraction of sp³-hybridized carbons (Fsp3) is 0.692. The van der Waals surface area contributed by atoms with E-state index in [4.69, 9.17) is 5.84 Å². The molecule has 1 saturated carbocycles. The molecule has 2 rings (SSSR count). The molecule has 0 aliphatic heterocycles. The highest BCUT2D eigenvalue weighted by molar-refractivity contribution is 5.48. The van der Waals surface area contributed by atoms with Crippen LogP contribution in [0, 0.1) is 5.92 Å². The van der Waals surface area contributed by atoms with Gasteiger partial charge in [-0.25, -0.2) is 15.8 Å². The quantitative estimate of drug-likeness (QED) is 0.533. The van der Waals surface area contributed by atoms with Gasteiger partial charge in [-0.05, 0) is 25.2 Å². The smallest absolute Gasteiger partial charge is 0.145 e. The van der Waals surface area contributed by atoms with Crippen molar-refractivity contribution < 1.29 is 0 Å². The van der Waals surface area contributed by atoms with Crippen LogP contribution in [0.1, 0.15) is 51.8 Å². The molecule has 1 fully saturated rings. The zero-order valence-corrected chi connectivity index (χ0v) is 11.4. The van der Waals surface area contributed by atoms with Crippen LogP contribution in [-0.4, -0.2) is 16.0 Å². The summed E-state index contributed by atoms with van der Waals surface area (Å²) in [5, 5.41) is 3.48.